The fourth-order valence-corrected chi connectivity index (χ4v) is 2.46. The first kappa shape index (κ1) is 11.1. The van der Waals surface area contributed by atoms with Crippen LogP contribution in [-0.4, -0.2) is 18.5 Å². The van der Waals surface area contributed by atoms with Crippen LogP contribution < -0.4 is 11.1 Å². The first-order chi connectivity index (χ1) is 7.72. The standard InChI is InChI=1S/C12H14N2OS/c1-8(6-13)14-12(15)10-7-16-11-5-3-2-4-9(10)11/h2-5,7-8H,6,13H2,1H3,(H,14,15)/t8-/m0/s1. The molecule has 0 fully saturated rings. The van der Waals surface area contributed by atoms with Crippen LogP contribution in [0, 0.1) is 0 Å². The van der Waals surface area contributed by atoms with E-state index in [9.17, 15) is 4.79 Å². The summed E-state index contributed by atoms with van der Waals surface area (Å²) >= 11 is 1.58. The molecule has 16 heavy (non-hydrogen) atoms. The van der Waals surface area contributed by atoms with E-state index in [2.05, 4.69) is 5.32 Å². The second-order valence-corrected chi connectivity index (χ2v) is 4.67. The molecule has 3 N–H and O–H groups in total. The topological polar surface area (TPSA) is 55.1 Å². The summed E-state index contributed by atoms with van der Waals surface area (Å²) < 4.78 is 1.13. The van der Waals surface area contributed by atoms with E-state index in [0.717, 1.165) is 15.6 Å². The highest BCUT2D eigenvalue weighted by Crippen LogP contribution is 2.25. The molecule has 4 heteroatoms. The lowest BCUT2D eigenvalue weighted by Gasteiger charge is -2.10. The fourth-order valence-electron chi connectivity index (χ4n) is 1.51. The number of benzene rings is 1. The third kappa shape index (κ3) is 2.08. The molecular formula is C12H14N2OS. The number of nitrogens with one attached hydrogen (secondary N) is 1. The summed E-state index contributed by atoms with van der Waals surface area (Å²) in [6.07, 6.45) is 0. The molecule has 0 saturated carbocycles. The van der Waals surface area contributed by atoms with Crippen molar-refractivity contribution in [2.24, 2.45) is 5.73 Å². The number of carbonyl (C=O) groups excluding carboxylic acids is 1. The Labute approximate surface area is 98.3 Å². The maximum Gasteiger partial charge on any atom is 0.253 e. The molecule has 0 aliphatic heterocycles. The van der Waals surface area contributed by atoms with Crippen molar-refractivity contribution in [1.29, 1.82) is 0 Å². The van der Waals surface area contributed by atoms with E-state index in [0.29, 0.717) is 6.54 Å². The minimum Gasteiger partial charge on any atom is -0.348 e. The van der Waals surface area contributed by atoms with Crippen LogP contribution in [0.5, 0.6) is 0 Å². The zero-order valence-corrected chi connectivity index (χ0v) is 9.88. The Hall–Kier alpha value is -1.39. The highest BCUT2D eigenvalue weighted by molar-refractivity contribution is 7.17. The normalized spacial score (nSPS) is 12.6. The van der Waals surface area contributed by atoms with Gasteiger partial charge in [0.05, 0.1) is 5.56 Å². The monoisotopic (exact) mass is 234 g/mol. The van der Waals surface area contributed by atoms with Crippen molar-refractivity contribution >= 4 is 27.3 Å². The summed E-state index contributed by atoms with van der Waals surface area (Å²) in [5.41, 5.74) is 6.21. The number of hydrogen-bond acceptors (Lipinski definition) is 3. The Kier molecular flexibility index (Phi) is 3.22. The van der Waals surface area contributed by atoms with Crippen molar-refractivity contribution in [2.45, 2.75) is 13.0 Å². The quantitative estimate of drug-likeness (QED) is 0.853. The van der Waals surface area contributed by atoms with Crippen molar-refractivity contribution in [1.82, 2.24) is 5.32 Å². The van der Waals surface area contributed by atoms with Crippen LogP contribution >= 0.6 is 11.3 Å². The molecule has 0 spiro atoms. The van der Waals surface area contributed by atoms with E-state index in [1.807, 2.05) is 36.6 Å². The van der Waals surface area contributed by atoms with Gasteiger partial charge in [0.15, 0.2) is 0 Å². The molecule has 0 unspecified atom stereocenters. The van der Waals surface area contributed by atoms with Crippen LogP contribution in [0.25, 0.3) is 10.1 Å². The van der Waals surface area contributed by atoms with Gasteiger partial charge in [-0.05, 0) is 13.0 Å². The van der Waals surface area contributed by atoms with Crippen molar-refractivity contribution in [2.75, 3.05) is 6.54 Å². The second-order valence-electron chi connectivity index (χ2n) is 3.76. The smallest absolute Gasteiger partial charge is 0.253 e. The number of hydrogen-bond donors (Lipinski definition) is 2. The van der Waals surface area contributed by atoms with Gasteiger partial charge in [0.1, 0.15) is 0 Å². The predicted octanol–water partition coefficient (Wildman–Crippen LogP) is 1.98. The highest BCUT2D eigenvalue weighted by atomic mass is 32.1. The molecule has 0 aliphatic carbocycles. The Bertz CT molecular complexity index is 506. The summed E-state index contributed by atoms with van der Waals surface area (Å²) in [6.45, 7) is 2.35. The summed E-state index contributed by atoms with van der Waals surface area (Å²) in [5.74, 6) is -0.0459. The average molecular weight is 234 g/mol. The van der Waals surface area contributed by atoms with Gasteiger partial charge in [-0.25, -0.2) is 0 Å². The van der Waals surface area contributed by atoms with E-state index in [1.54, 1.807) is 11.3 Å². The Morgan fingerprint density at radius 2 is 2.25 bits per heavy atom. The van der Waals surface area contributed by atoms with E-state index >= 15 is 0 Å². The zero-order valence-electron chi connectivity index (χ0n) is 9.07. The van der Waals surface area contributed by atoms with Gasteiger partial charge in [-0.2, -0.15) is 0 Å². The maximum atomic E-state index is 11.9. The Balaban J connectivity index is 2.30. The van der Waals surface area contributed by atoms with Gasteiger partial charge in [-0.15, -0.1) is 11.3 Å². The molecule has 2 rings (SSSR count). The van der Waals surface area contributed by atoms with Crippen molar-refractivity contribution < 1.29 is 4.79 Å². The molecule has 84 valence electrons. The highest BCUT2D eigenvalue weighted by Gasteiger charge is 2.13. The van der Waals surface area contributed by atoms with Gasteiger partial charge >= 0.3 is 0 Å². The van der Waals surface area contributed by atoms with Gasteiger partial charge in [-0.1, -0.05) is 18.2 Å². The number of thiophene rings is 1. The summed E-state index contributed by atoms with van der Waals surface area (Å²) in [4.78, 5) is 11.9. The van der Waals surface area contributed by atoms with Crippen LogP contribution in [0.15, 0.2) is 29.6 Å². The molecule has 3 nitrogen and oxygen atoms in total. The molecular weight excluding hydrogens is 220 g/mol. The van der Waals surface area contributed by atoms with Crippen LogP contribution in [-0.2, 0) is 0 Å². The predicted molar refractivity (Wildman–Crippen MR) is 67.8 cm³/mol. The van der Waals surface area contributed by atoms with Crippen molar-refractivity contribution in [3.8, 4) is 0 Å². The van der Waals surface area contributed by atoms with Crippen molar-refractivity contribution in [3.63, 3.8) is 0 Å². The molecule has 0 aliphatic rings. The molecule has 1 atom stereocenters. The Morgan fingerprint density at radius 3 is 3.00 bits per heavy atom. The molecule has 0 bridgehead atoms. The number of carbonyl (C=O) groups is 1. The molecule has 0 saturated heterocycles. The lowest BCUT2D eigenvalue weighted by atomic mass is 10.1. The third-order valence-corrected chi connectivity index (χ3v) is 3.42. The second kappa shape index (κ2) is 4.63. The van der Waals surface area contributed by atoms with Gasteiger partial charge in [0, 0.05) is 28.1 Å². The minimum atomic E-state index is -0.0459. The fraction of sp³-hybridized carbons (Fsp3) is 0.250. The summed E-state index contributed by atoms with van der Waals surface area (Å²) in [6, 6.07) is 7.91. The first-order valence-corrected chi connectivity index (χ1v) is 6.07. The van der Waals surface area contributed by atoms with Gasteiger partial charge in [-0.3, -0.25) is 4.79 Å². The molecule has 0 radical (unpaired) electrons. The van der Waals surface area contributed by atoms with E-state index in [1.165, 1.54) is 0 Å². The third-order valence-electron chi connectivity index (χ3n) is 2.46. The number of amides is 1. The lowest BCUT2D eigenvalue weighted by Crippen LogP contribution is -2.37. The zero-order chi connectivity index (χ0) is 11.5. The molecule has 1 aromatic carbocycles. The molecule has 1 heterocycles. The number of fused-ring (bicyclic) bond motifs is 1. The van der Waals surface area contributed by atoms with Crippen LogP contribution in [0.3, 0.4) is 0 Å². The maximum absolute atomic E-state index is 11.9. The largest absolute Gasteiger partial charge is 0.348 e. The van der Waals surface area contributed by atoms with Gasteiger partial charge in [0.25, 0.3) is 5.91 Å². The van der Waals surface area contributed by atoms with Gasteiger partial charge < -0.3 is 11.1 Å². The average Bonchev–Trinajstić information content (AvgIpc) is 2.72. The minimum absolute atomic E-state index is 0.00571. The first-order valence-electron chi connectivity index (χ1n) is 5.19. The summed E-state index contributed by atoms with van der Waals surface area (Å²) in [5, 5.41) is 5.77. The van der Waals surface area contributed by atoms with E-state index in [4.69, 9.17) is 5.73 Å². The van der Waals surface area contributed by atoms with Crippen LogP contribution in [0.1, 0.15) is 17.3 Å². The number of rotatable bonds is 3. The lowest BCUT2D eigenvalue weighted by molar-refractivity contribution is 0.0943. The Morgan fingerprint density at radius 1 is 1.50 bits per heavy atom. The molecule has 1 aromatic heterocycles. The molecule has 1 amide bonds. The van der Waals surface area contributed by atoms with Crippen LogP contribution in [0.4, 0.5) is 0 Å². The summed E-state index contributed by atoms with van der Waals surface area (Å²) in [7, 11) is 0. The van der Waals surface area contributed by atoms with Crippen LogP contribution in [0.2, 0.25) is 0 Å². The molecule has 2 aromatic rings. The van der Waals surface area contributed by atoms with Crippen molar-refractivity contribution in [3.05, 3.63) is 35.2 Å². The SMILES string of the molecule is C[C@@H](CN)NC(=O)c1csc2ccccc12. The van der Waals surface area contributed by atoms with E-state index < -0.39 is 0 Å². The number of nitrogens with two attached hydrogens (primary N) is 1. The van der Waals surface area contributed by atoms with Gasteiger partial charge in [0.2, 0.25) is 0 Å². The van der Waals surface area contributed by atoms with E-state index in [-0.39, 0.29) is 11.9 Å².